The van der Waals surface area contributed by atoms with Gasteiger partial charge in [0.25, 0.3) is 5.91 Å². The molecule has 0 aliphatic carbocycles. The summed E-state index contributed by atoms with van der Waals surface area (Å²) in [5, 5.41) is 0.505. The third-order valence-electron chi connectivity index (χ3n) is 4.24. The Balaban J connectivity index is 1.68. The lowest BCUT2D eigenvalue weighted by Gasteiger charge is -2.37. The van der Waals surface area contributed by atoms with Gasteiger partial charge in [-0.2, -0.15) is 0 Å². The summed E-state index contributed by atoms with van der Waals surface area (Å²) in [5.41, 5.74) is 1.65. The number of anilines is 1. The first-order valence-corrected chi connectivity index (χ1v) is 8.98. The minimum absolute atomic E-state index is 0.00281. The third-order valence-corrected chi connectivity index (χ3v) is 4.57. The van der Waals surface area contributed by atoms with E-state index in [4.69, 9.17) is 16.3 Å². The Kier molecular flexibility index (Phi) is 5.49. The summed E-state index contributed by atoms with van der Waals surface area (Å²) in [6, 6.07) is 15.3. The van der Waals surface area contributed by atoms with Crippen LogP contribution in [0.1, 0.15) is 24.2 Å². The van der Waals surface area contributed by atoms with Gasteiger partial charge >= 0.3 is 0 Å². The van der Waals surface area contributed by atoms with Crippen LogP contribution in [0, 0.1) is 0 Å². The largest absolute Gasteiger partial charge is 0.489 e. The van der Waals surface area contributed by atoms with Gasteiger partial charge in [0, 0.05) is 26.2 Å². The molecule has 0 saturated carbocycles. The van der Waals surface area contributed by atoms with Crippen LogP contribution < -0.4 is 9.64 Å². The number of hydrogen-bond donors (Lipinski definition) is 0. The molecule has 1 aliphatic heterocycles. The maximum absolute atomic E-state index is 12.7. The number of hydrogen-bond acceptors (Lipinski definition) is 3. The predicted octanol–water partition coefficient (Wildman–Crippen LogP) is 4.09. The summed E-state index contributed by atoms with van der Waals surface area (Å²) in [6.07, 6.45) is 0.129. The fourth-order valence-corrected chi connectivity index (χ4v) is 3.24. The Labute approximate surface area is 154 Å². The molecular weight excluding hydrogens is 336 g/mol. The van der Waals surface area contributed by atoms with Crippen LogP contribution in [0.4, 0.5) is 5.69 Å². The molecule has 0 atom stereocenters. The van der Waals surface area contributed by atoms with Gasteiger partial charge in [0.2, 0.25) is 0 Å². The van der Waals surface area contributed by atoms with Crippen LogP contribution in [0.5, 0.6) is 5.75 Å². The van der Waals surface area contributed by atoms with E-state index in [1.54, 1.807) is 12.1 Å². The molecule has 0 N–H and O–H groups in total. The van der Waals surface area contributed by atoms with Crippen molar-refractivity contribution in [1.82, 2.24) is 4.90 Å². The molecule has 0 unspecified atom stereocenters. The molecule has 2 aromatic rings. The van der Waals surface area contributed by atoms with Gasteiger partial charge in [-0.15, -0.1) is 0 Å². The Morgan fingerprint density at radius 2 is 1.64 bits per heavy atom. The van der Waals surface area contributed by atoms with Crippen molar-refractivity contribution >= 4 is 23.2 Å². The Morgan fingerprint density at radius 1 is 1.00 bits per heavy atom. The lowest BCUT2D eigenvalue weighted by atomic mass is 10.1. The highest BCUT2D eigenvalue weighted by Crippen LogP contribution is 2.30. The van der Waals surface area contributed by atoms with Gasteiger partial charge in [0.05, 0.1) is 22.4 Å². The van der Waals surface area contributed by atoms with Gasteiger partial charge in [-0.3, -0.25) is 4.79 Å². The summed E-state index contributed by atoms with van der Waals surface area (Å²) in [7, 11) is 0. The van der Waals surface area contributed by atoms with E-state index in [0.717, 1.165) is 24.5 Å². The van der Waals surface area contributed by atoms with Crippen molar-refractivity contribution < 1.29 is 9.53 Å². The van der Waals surface area contributed by atoms with Crippen molar-refractivity contribution in [2.24, 2.45) is 0 Å². The van der Waals surface area contributed by atoms with E-state index in [1.165, 1.54) is 0 Å². The average Bonchev–Trinajstić information content (AvgIpc) is 2.62. The Morgan fingerprint density at radius 3 is 2.32 bits per heavy atom. The minimum atomic E-state index is -0.00281. The first-order chi connectivity index (χ1) is 12.1. The van der Waals surface area contributed by atoms with E-state index in [-0.39, 0.29) is 12.0 Å². The molecular formula is C20H23ClN2O2. The fourth-order valence-electron chi connectivity index (χ4n) is 3.03. The number of piperazine rings is 1. The van der Waals surface area contributed by atoms with Crippen molar-refractivity contribution in [3.63, 3.8) is 0 Å². The normalized spacial score (nSPS) is 14.7. The highest BCUT2D eigenvalue weighted by molar-refractivity contribution is 6.33. The second kappa shape index (κ2) is 7.79. The van der Waals surface area contributed by atoms with Crippen LogP contribution in [0.25, 0.3) is 0 Å². The van der Waals surface area contributed by atoms with E-state index < -0.39 is 0 Å². The lowest BCUT2D eigenvalue weighted by molar-refractivity contribution is 0.0747. The fraction of sp³-hybridized carbons (Fsp3) is 0.350. The number of para-hydroxylation sites is 2. The zero-order chi connectivity index (χ0) is 17.8. The van der Waals surface area contributed by atoms with E-state index in [9.17, 15) is 4.79 Å². The SMILES string of the molecule is CC(C)Oc1ccccc1N1CCN(C(=O)c2ccccc2Cl)CC1. The number of carbonyl (C=O) groups is 1. The summed E-state index contributed by atoms with van der Waals surface area (Å²) in [6.45, 7) is 6.93. The van der Waals surface area contributed by atoms with Crippen molar-refractivity contribution in [3.8, 4) is 5.75 Å². The summed E-state index contributed by atoms with van der Waals surface area (Å²) in [5.74, 6) is 0.889. The molecule has 5 heteroatoms. The highest BCUT2D eigenvalue weighted by Gasteiger charge is 2.24. The number of amides is 1. The highest BCUT2D eigenvalue weighted by atomic mass is 35.5. The molecule has 4 nitrogen and oxygen atoms in total. The standard InChI is InChI=1S/C20H23ClN2O2/c1-15(2)25-19-10-6-5-9-18(19)22-11-13-23(14-12-22)20(24)16-7-3-4-8-17(16)21/h3-10,15H,11-14H2,1-2H3. The van der Waals surface area contributed by atoms with Crippen LogP contribution in [-0.4, -0.2) is 43.1 Å². The van der Waals surface area contributed by atoms with Gasteiger partial charge in [-0.05, 0) is 38.1 Å². The molecule has 132 valence electrons. The quantitative estimate of drug-likeness (QED) is 0.825. The summed E-state index contributed by atoms with van der Waals surface area (Å²) < 4.78 is 5.92. The van der Waals surface area contributed by atoms with Gasteiger partial charge < -0.3 is 14.5 Å². The summed E-state index contributed by atoms with van der Waals surface area (Å²) in [4.78, 5) is 16.8. The van der Waals surface area contributed by atoms with Crippen LogP contribution >= 0.6 is 11.6 Å². The van der Waals surface area contributed by atoms with Crippen LogP contribution in [0.15, 0.2) is 48.5 Å². The van der Waals surface area contributed by atoms with Crippen molar-refractivity contribution in [3.05, 3.63) is 59.1 Å². The summed E-state index contributed by atoms with van der Waals surface area (Å²) >= 11 is 6.16. The molecule has 2 aromatic carbocycles. The maximum atomic E-state index is 12.7. The second-order valence-electron chi connectivity index (χ2n) is 6.39. The number of benzene rings is 2. The van der Waals surface area contributed by atoms with Gasteiger partial charge in [-0.1, -0.05) is 35.9 Å². The van der Waals surface area contributed by atoms with E-state index in [0.29, 0.717) is 23.7 Å². The van der Waals surface area contributed by atoms with E-state index in [2.05, 4.69) is 11.0 Å². The minimum Gasteiger partial charge on any atom is -0.489 e. The van der Waals surface area contributed by atoms with Gasteiger partial charge in [0.1, 0.15) is 5.75 Å². The average molecular weight is 359 g/mol. The smallest absolute Gasteiger partial charge is 0.255 e. The zero-order valence-corrected chi connectivity index (χ0v) is 15.4. The molecule has 1 amide bonds. The monoisotopic (exact) mass is 358 g/mol. The zero-order valence-electron chi connectivity index (χ0n) is 14.6. The number of nitrogens with zero attached hydrogens (tertiary/aromatic N) is 2. The topological polar surface area (TPSA) is 32.8 Å². The number of rotatable bonds is 4. The first-order valence-electron chi connectivity index (χ1n) is 8.60. The molecule has 0 bridgehead atoms. The molecule has 1 saturated heterocycles. The van der Waals surface area contributed by atoms with Crippen LogP contribution in [-0.2, 0) is 0 Å². The lowest BCUT2D eigenvalue weighted by Crippen LogP contribution is -2.49. The number of halogens is 1. The van der Waals surface area contributed by atoms with Crippen LogP contribution in [0.2, 0.25) is 5.02 Å². The first kappa shape index (κ1) is 17.6. The van der Waals surface area contributed by atoms with Crippen LogP contribution in [0.3, 0.4) is 0 Å². The Hall–Kier alpha value is -2.20. The molecule has 1 heterocycles. The Bertz CT molecular complexity index is 740. The van der Waals surface area contributed by atoms with Crippen molar-refractivity contribution in [1.29, 1.82) is 0 Å². The molecule has 3 rings (SSSR count). The number of ether oxygens (including phenoxy) is 1. The molecule has 0 radical (unpaired) electrons. The molecule has 0 aromatic heterocycles. The van der Waals surface area contributed by atoms with Gasteiger partial charge in [-0.25, -0.2) is 0 Å². The van der Waals surface area contributed by atoms with E-state index >= 15 is 0 Å². The molecule has 25 heavy (non-hydrogen) atoms. The molecule has 0 spiro atoms. The maximum Gasteiger partial charge on any atom is 0.255 e. The predicted molar refractivity (Wildman–Crippen MR) is 102 cm³/mol. The van der Waals surface area contributed by atoms with Crippen molar-refractivity contribution in [2.75, 3.05) is 31.1 Å². The third kappa shape index (κ3) is 4.07. The van der Waals surface area contributed by atoms with Gasteiger partial charge in [0.15, 0.2) is 0 Å². The second-order valence-corrected chi connectivity index (χ2v) is 6.80. The van der Waals surface area contributed by atoms with E-state index in [1.807, 2.05) is 49.1 Å². The molecule has 1 aliphatic rings. The van der Waals surface area contributed by atoms with Crippen molar-refractivity contribution in [2.45, 2.75) is 20.0 Å². The number of carbonyl (C=O) groups excluding carboxylic acids is 1. The molecule has 1 fully saturated rings.